The van der Waals surface area contributed by atoms with E-state index in [4.69, 9.17) is 8.92 Å². The predicted octanol–water partition coefficient (Wildman–Crippen LogP) is 2.37. The van der Waals surface area contributed by atoms with Crippen LogP contribution in [-0.4, -0.2) is 38.8 Å². The number of ether oxygens (including phenoxy) is 1. The fraction of sp³-hybridized carbons (Fsp3) is 0.526. The number of rotatable bonds is 3. The van der Waals surface area contributed by atoms with Crippen LogP contribution in [0.15, 0.2) is 17.9 Å². The molecule has 6 nitrogen and oxygen atoms in total. The Labute approximate surface area is 154 Å². The lowest BCUT2D eigenvalue weighted by atomic mass is 9.84. The Morgan fingerprint density at radius 2 is 1.85 bits per heavy atom. The van der Waals surface area contributed by atoms with Crippen LogP contribution in [0, 0.1) is 20.8 Å². The van der Waals surface area contributed by atoms with E-state index in [1.165, 1.54) is 0 Å². The zero-order valence-electron chi connectivity index (χ0n) is 15.8. The van der Waals surface area contributed by atoms with E-state index in [0.29, 0.717) is 25.0 Å². The van der Waals surface area contributed by atoms with Gasteiger partial charge >= 0.3 is 10.1 Å². The van der Waals surface area contributed by atoms with Gasteiger partial charge in [0.2, 0.25) is 0 Å². The molecule has 0 bridgehead atoms. The maximum atomic E-state index is 13.0. The quantitative estimate of drug-likeness (QED) is 0.816. The summed E-state index contributed by atoms with van der Waals surface area (Å²) in [4.78, 5) is 13.0. The monoisotopic (exact) mass is 379 g/mol. The average Bonchev–Trinajstić information content (AvgIpc) is 2.69. The lowest BCUT2D eigenvalue weighted by Gasteiger charge is -2.37. The van der Waals surface area contributed by atoms with Gasteiger partial charge in [-0.3, -0.25) is 4.79 Å². The smallest absolute Gasteiger partial charge is 0.306 e. The molecule has 2 aliphatic rings. The van der Waals surface area contributed by atoms with Gasteiger partial charge in [-0.25, -0.2) is 0 Å². The number of carbonyl (C=O) groups excluding carboxylic acids is 1. The summed E-state index contributed by atoms with van der Waals surface area (Å²) in [7, 11) is -3.79. The molecule has 1 N–H and O–H groups in total. The molecule has 1 saturated heterocycles. The molecule has 142 valence electrons. The maximum Gasteiger partial charge on any atom is 0.306 e. The van der Waals surface area contributed by atoms with Crippen molar-refractivity contribution in [3.05, 3.63) is 40.1 Å². The van der Waals surface area contributed by atoms with E-state index >= 15 is 0 Å². The average molecular weight is 379 g/mol. The van der Waals surface area contributed by atoms with E-state index in [-0.39, 0.29) is 17.8 Å². The van der Waals surface area contributed by atoms with E-state index in [1.54, 1.807) is 0 Å². The Bertz CT molecular complexity index is 879. The van der Waals surface area contributed by atoms with Crippen LogP contribution < -0.4 is 5.32 Å². The molecule has 0 radical (unpaired) electrons. The number of carbonyl (C=O) groups is 1. The van der Waals surface area contributed by atoms with Crippen molar-refractivity contribution in [3.8, 4) is 0 Å². The standard InChI is InChI=1S/C19H25NO5S/c1-11-8-12(2)15(13(3)9-11)16-17(25-26(5,22)23)19(20-18(16)21)6-7-24-14(4)10-19/h8-9,14H,6-7,10H2,1-5H3,(H,20,21). The van der Waals surface area contributed by atoms with Gasteiger partial charge in [0.25, 0.3) is 5.91 Å². The van der Waals surface area contributed by atoms with Crippen molar-refractivity contribution >= 4 is 21.6 Å². The van der Waals surface area contributed by atoms with Gasteiger partial charge < -0.3 is 14.2 Å². The van der Waals surface area contributed by atoms with Crippen LogP contribution in [0.3, 0.4) is 0 Å². The fourth-order valence-electron chi connectivity index (χ4n) is 4.16. The van der Waals surface area contributed by atoms with Crippen molar-refractivity contribution in [1.29, 1.82) is 0 Å². The number of aryl methyl sites for hydroxylation is 3. The Balaban J connectivity index is 2.27. The summed E-state index contributed by atoms with van der Waals surface area (Å²) >= 11 is 0. The number of hydrogen-bond donors (Lipinski definition) is 1. The van der Waals surface area contributed by atoms with Crippen molar-refractivity contribution < 1.29 is 22.1 Å². The molecule has 3 rings (SSSR count). The van der Waals surface area contributed by atoms with Crippen LogP contribution in [0.4, 0.5) is 0 Å². The van der Waals surface area contributed by atoms with Gasteiger partial charge in [0.05, 0.1) is 17.9 Å². The Kier molecular flexibility index (Phi) is 4.65. The van der Waals surface area contributed by atoms with E-state index in [9.17, 15) is 13.2 Å². The molecule has 1 aromatic carbocycles. The molecule has 1 amide bonds. The van der Waals surface area contributed by atoms with Crippen LogP contribution in [0.25, 0.3) is 5.57 Å². The molecule has 0 aliphatic carbocycles. The molecule has 0 aromatic heterocycles. The molecular weight excluding hydrogens is 354 g/mol. The summed E-state index contributed by atoms with van der Waals surface area (Å²) in [6.07, 6.45) is 1.84. The van der Waals surface area contributed by atoms with E-state index in [2.05, 4.69) is 5.32 Å². The largest absolute Gasteiger partial charge is 0.384 e. The van der Waals surface area contributed by atoms with Crippen LogP contribution in [-0.2, 0) is 23.8 Å². The van der Waals surface area contributed by atoms with Crippen molar-refractivity contribution in [2.45, 2.75) is 52.2 Å². The van der Waals surface area contributed by atoms with Crippen molar-refractivity contribution in [2.75, 3.05) is 12.9 Å². The molecule has 2 unspecified atom stereocenters. The molecule has 2 heterocycles. The zero-order chi connectivity index (χ0) is 19.3. The molecule has 2 aliphatic heterocycles. The van der Waals surface area contributed by atoms with E-state index in [1.807, 2.05) is 39.8 Å². The highest BCUT2D eigenvalue weighted by Crippen LogP contribution is 2.43. The topological polar surface area (TPSA) is 81.7 Å². The SMILES string of the molecule is Cc1cc(C)c(C2=C(OS(C)(=O)=O)C3(CCOC(C)C3)NC2=O)c(C)c1. The third-order valence-corrected chi connectivity index (χ3v) is 5.44. The Hall–Kier alpha value is -1.86. The van der Waals surface area contributed by atoms with Crippen LogP contribution in [0.1, 0.15) is 42.0 Å². The van der Waals surface area contributed by atoms with Gasteiger partial charge in [0, 0.05) is 19.4 Å². The second kappa shape index (κ2) is 6.39. The van der Waals surface area contributed by atoms with Crippen molar-refractivity contribution in [3.63, 3.8) is 0 Å². The Morgan fingerprint density at radius 1 is 1.23 bits per heavy atom. The van der Waals surface area contributed by atoms with Gasteiger partial charge in [-0.05, 0) is 44.4 Å². The molecular formula is C19H25NO5S. The summed E-state index contributed by atoms with van der Waals surface area (Å²) < 4.78 is 35.0. The third kappa shape index (κ3) is 3.38. The fourth-order valence-corrected chi connectivity index (χ4v) is 4.70. The lowest BCUT2D eigenvalue weighted by molar-refractivity contribution is -0.117. The second-order valence-electron chi connectivity index (χ2n) is 7.44. The minimum atomic E-state index is -3.79. The third-order valence-electron chi connectivity index (χ3n) is 4.97. The van der Waals surface area contributed by atoms with Crippen LogP contribution in [0.2, 0.25) is 0 Å². The van der Waals surface area contributed by atoms with Gasteiger partial charge in [0.1, 0.15) is 5.54 Å². The van der Waals surface area contributed by atoms with Gasteiger partial charge in [-0.1, -0.05) is 17.7 Å². The number of amides is 1. The summed E-state index contributed by atoms with van der Waals surface area (Å²) in [6, 6.07) is 3.97. The first-order valence-corrected chi connectivity index (χ1v) is 10.5. The number of nitrogens with one attached hydrogen (secondary N) is 1. The van der Waals surface area contributed by atoms with Crippen LogP contribution in [0.5, 0.6) is 0 Å². The molecule has 2 atom stereocenters. The highest BCUT2D eigenvalue weighted by molar-refractivity contribution is 7.86. The minimum Gasteiger partial charge on any atom is -0.384 e. The number of hydrogen-bond acceptors (Lipinski definition) is 5. The van der Waals surface area contributed by atoms with E-state index in [0.717, 1.165) is 28.5 Å². The second-order valence-corrected chi connectivity index (χ2v) is 9.01. The van der Waals surface area contributed by atoms with Gasteiger partial charge in [-0.2, -0.15) is 8.42 Å². The zero-order valence-corrected chi connectivity index (χ0v) is 16.6. The summed E-state index contributed by atoms with van der Waals surface area (Å²) in [5, 5.41) is 3.01. The first kappa shape index (κ1) is 18.9. The number of benzene rings is 1. The molecule has 0 saturated carbocycles. The highest BCUT2D eigenvalue weighted by Gasteiger charge is 2.51. The molecule has 1 spiro atoms. The highest BCUT2D eigenvalue weighted by atomic mass is 32.2. The summed E-state index contributed by atoms with van der Waals surface area (Å²) in [6.45, 7) is 8.17. The molecule has 1 aromatic rings. The van der Waals surface area contributed by atoms with Crippen LogP contribution >= 0.6 is 0 Å². The molecule has 1 fully saturated rings. The molecule has 7 heteroatoms. The molecule has 26 heavy (non-hydrogen) atoms. The normalized spacial score (nSPS) is 26.3. The van der Waals surface area contributed by atoms with Gasteiger partial charge in [0.15, 0.2) is 5.76 Å². The van der Waals surface area contributed by atoms with Gasteiger partial charge in [-0.15, -0.1) is 0 Å². The summed E-state index contributed by atoms with van der Waals surface area (Å²) in [5.74, 6) is -0.0944. The minimum absolute atomic E-state index is 0.109. The maximum absolute atomic E-state index is 13.0. The lowest BCUT2D eigenvalue weighted by Crippen LogP contribution is -2.51. The van der Waals surface area contributed by atoms with Crippen molar-refractivity contribution in [1.82, 2.24) is 5.32 Å². The van der Waals surface area contributed by atoms with E-state index < -0.39 is 15.7 Å². The summed E-state index contributed by atoms with van der Waals surface area (Å²) in [5.41, 5.74) is 3.13. The predicted molar refractivity (Wildman–Crippen MR) is 99.0 cm³/mol. The first-order valence-electron chi connectivity index (χ1n) is 8.69. The first-order chi connectivity index (χ1) is 12.0. The van der Waals surface area contributed by atoms with Crippen molar-refractivity contribution in [2.24, 2.45) is 0 Å². The Morgan fingerprint density at radius 3 is 2.38 bits per heavy atom.